The van der Waals surface area contributed by atoms with Gasteiger partial charge in [-0.3, -0.25) is 14.5 Å². The zero-order chi connectivity index (χ0) is 30.4. The Balaban J connectivity index is 1.21. The summed E-state index contributed by atoms with van der Waals surface area (Å²) in [5, 5.41) is 4.80. The lowest BCUT2D eigenvalue weighted by molar-refractivity contribution is -0.126. The Morgan fingerprint density at radius 3 is 2.51 bits per heavy atom. The molecular weight excluding hydrogens is 595 g/mol. The van der Waals surface area contributed by atoms with Gasteiger partial charge in [0.15, 0.2) is 15.0 Å². The van der Waals surface area contributed by atoms with Crippen molar-refractivity contribution in [3.63, 3.8) is 0 Å². The van der Waals surface area contributed by atoms with Crippen LogP contribution in [0, 0.1) is 11.7 Å². The number of amides is 3. The van der Waals surface area contributed by atoms with Crippen LogP contribution in [0.3, 0.4) is 0 Å². The number of anilines is 1. The number of nitrogens with zero attached hydrogens (tertiary/aromatic N) is 2. The molecule has 0 aromatic heterocycles. The maximum atomic E-state index is 13.8. The molecule has 2 N–H and O–H groups in total. The van der Waals surface area contributed by atoms with Crippen LogP contribution in [0.2, 0.25) is 0 Å². The molecule has 0 saturated carbocycles. The number of carbonyl (C=O) groups excluding carboxylic acids is 3. The van der Waals surface area contributed by atoms with E-state index in [2.05, 4.69) is 15.6 Å². The molecule has 43 heavy (non-hydrogen) atoms. The predicted molar refractivity (Wildman–Crippen MR) is 162 cm³/mol. The Kier molecular flexibility index (Phi) is 9.41. The van der Waals surface area contributed by atoms with E-state index >= 15 is 0 Å². The lowest BCUT2D eigenvalue weighted by Gasteiger charge is -2.20. The molecule has 2 saturated heterocycles. The molecule has 2 fully saturated rings. The molecule has 2 heterocycles. The van der Waals surface area contributed by atoms with E-state index in [4.69, 9.17) is 4.74 Å². The highest BCUT2D eigenvalue weighted by molar-refractivity contribution is 8.15. The molecule has 0 spiro atoms. The maximum Gasteiger partial charge on any atom is 0.407 e. The van der Waals surface area contributed by atoms with Crippen LogP contribution in [0.25, 0.3) is 0 Å². The van der Waals surface area contributed by atoms with Crippen molar-refractivity contribution in [3.8, 4) is 0 Å². The zero-order valence-electron chi connectivity index (χ0n) is 22.9. The lowest BCUT2D eigenvalue weighted by Crippen LogP contribution is -2.35. The number of hydrogen-bond acceptors (Lipinski definition) is 8. The van der Waals surface area contributed by atoms with Crippen LogP contribution in [0.1, 0.15) is 22.8 Å². The number of halogens is 1. The minimum atomic E-state index is -3.14. The number of carbonyl (C=O) groups is 3. The van der Waals surface area contributed by atoms with Crippen molar-refractivity contribution in [2.45, 2.75) is 18.3 Å². The van der Waals surface area contributed by atoms with E-state index in [1.165, 1.54) is 34.9 Å². The Bertz CT molecular complexity index is 1630. The van der Waals surface area contributed by atoms with Crippen molar-refractivity contribution in [1.82, 2.24) is 10.2 Å². The fourth-order valence-corrected chi connectivity index (χ4v) is 7.76. The summed E-state index contributed by atoms with van der Waals surface area (Å²) in [6.45, 7) is -0.0117. The molecule has 0 radical (unpaired) electrons. The smallest absolute Gasteiger partial charge is 0.407 e. The number of aliphatic imine (C=N–C) groups is 1. The third-order valence-electron chi connectivity index (χ3n) is 6.85. The largest absolute Gasteiger partial charge is 0.445 e. The molecule has 0 bridgehead atoms. The van der Waals surface area contributed by atoms with Crippen LogP contribution < -0.4 is 10.6 Å². The van der Waals surface area contributed by atoms with E-state index in [1.807, 2.05) is 30.3 Å². The highest BCUT2D eigenvalue weighted by Gasteiger charge is 2.41. The first-order valence-corrected chi connectivity index (χ1v) is 16.2. The van der Waals surface area contributed by atoms with Gasteiger partial charge in [-0.25, -0.2) is 22.6 Å². The van der Waals surface area contributed by atoms with Gasteiger partial charge in [0.25, 0.3) is 0 Å². The molecule has 5 rings (SSSR count). The van der Waals surface area contributed by atoms with Crippen molar-refractivity contribution in [2.75, 3.05) is 29.9 Å². The van der Waals surface area contributed by atoms with Crippen LogP contribution >= 0.6 is 11.8 Å². The van der Waals surface area contributed by atoms with Crippen molar-refractivity contribution in [2.24, 2.45) is 10.9 Å². The lowest BCUT2D eigenvalue weighted by atomic mass is 10.1. The number of ether oxygens (including phenoxy) is 1. The third-order valence-corrected chi connectivity index (χ3v) is 9.92. The van der Waals surface area contributed by atoms with Gasteiger partial charge in [0.1, 0.15) is 24.2 Å². The number of alkyl carbamates (subject to hydrolysis) is 1. The maximum absolute atomic E-state index is 13.8. The standard InChI is InChI=1S/C30H29FN4O6S2/c31-23-7-4-8-25(15-23)34-29-35(17-21-13-14-43(39,40)19-21)28(37)27(42-29)22-9-11-24(12-10-22)33-26(36)16-32-30(38)41-18-20-5-2-1-3-6-20/h1-12,15,21,27H,13-14,16-19H2,(H,32,38)(H,33,36). The molecule has 2 aliphatic heterocycles. The molecule has 10 nitrogen and oxygen atoms in total. The molecule has 0 aliphatic carbocycles. The molecule has 2 unspecified atom stereocenters. The monoisotopic (exact) mass is 624 g/mol. The number of hydrogen-bond donors (Lipinski definition) is 2. The molecule has 224 valence electrons. The average molecular weight is 625 g/mol. The molecular formula is C30H29FN4O6S2. The number of benzene rings is 3. The fourth-order valence-electron chi connectivity index (χ4n) is 4.72. The number of nitrogens with one attached hydrogen (secondary N) is 2. The summed E-state index contributed by atoms with van der Waals surface area (Å²) in [6, 6.07) is 21.6. The Morgan fingerprint density at radius 1 is 1.05 bits per heavy atom. The molecule has 13 heteroatoms. The van der Waals surface area contributed by atoms with E-state index < -0.39 is 32.9 Å². The fraction of sp³-hybridized carbons (Fsp3) is 0.267. The van der Waals surface area contributed by atoms with Gasteiger partial charge >= 0.3 is 6.09 Å². The van der Waals surface area contributed by atoms with E-state index in [1.54, 1.807) is 30.3 Å². The van der Waals surface area contributed by atoms with Gasteiger partial charge in [0.05, 0.1) is 17.2 Å². The van der Waals surface area contributed by atoms with Crippen LogP contribution in [-0.4, -0.2) is 61.0 Å². The van der Waals surface area contributed by atoms with Gasteiger partial charge in [0, 0.05) is 12.2 Å². The summed E-state index contributed by atoms with van der Waals surface area (Å²) in [6.07, 6.45) is -0.260. The van der Waals surface area contributed by atoms with Gasteiger partial charge in [-0.15, -0.1) is 0 Å². The second-order valence-electron chi connectivity index (χ2n) is 10.2. The normalized spacial score (nSPS) is 20.3. The first-order valence-electron chi connectivity index (χ1n) is 13.5. The molecule has 2 atom stereocenters. The van der Waals surface area contributed by atoms with Gasteiger partial charge < -0.3 is 15.4 Å². The van der Waals surface area contributed by atoms with Gasteiger partial charge in [-0.05, 0) is 53.8 Å². The van der Waals surface area contributed by atoms with Crippen LogP contribution in [0.4, 0.5) is 20.6 Å². The second-order valence-corrected chi connectivity index (χ2v) is 13.5. The van der Waals surface area contributed by atoms with Crippen LogP contribution in [0.15, 0.2) is 83.9 Å². The number of sulfone groups is 1. The minimum Gasteiger partial charge on any atom is -0.445 e. The van der Waals surface area contributed by atoms with E-state index in [-0.39, 0.29) is 43.0 Å². The summed E-state index contributed by atoms with van der Waals surface area (Å²) in [5.41, 5.74) is 2.29. The summed E-state index contributed by atoms with van der Waals surface area (Å²) in [4.78, 5) is 43.8. The predicted octanol–water partition coefficient (Wildman–Crippen LogP) is 4.43. The first kappa shape index (κ1) is 30.2. The van der Waals surface area contributed by atoms with Crippen LogP contribution in [0.5, 0.6) is 0 Å². The highest BCUT2D eigenvalue weighted by atomic mass is 32.2. The summed E-state index contributed by atoms with van der Waals surface area (Å²) < 4.78 is 42.9. The van der Waals surface area contributed by atoms with E-state index in [9.17, 15) is 27.2 Å². The second kappa shape index (κ2) is 13.4. The van der Waals surface area contributed by atoms with Gasteiger partial charge in [-0.2, -0.15) is 0 Å². The Morgan fingerprint density at radius 2 is 1.81 bits per heavy atom. The van der Waals surface area contributed by atoms with Crippen molar-refractivity contribution < 1.29 is 31.9 Å². The highest BCUT2D eigenvalue weighted by Crippen LogP contribution is 2.41. The van der Waals surface area contributed by atoms with Crippen molar-refractivity contribution in [3.05, 3.63) is 95.8 Å². The molecule has 3 aromatic rings. The number of rotatable bonds is 9. The minimum absolute atomic E-state index is 0.00730. The average Bonchev–Trinajstić information content (AvgIpc) is 3.49. The summed E-state index contributed by atoms with van der Waals surface area (Å²) in [5.74, 6) is -1.29. The van der Waals surface area contributed by atoms with Crippen molar-refractivity contribution in [1.29, 1.82) is 0 Å². The van der Waals surface area contributed by atoms with E-state index in [0.29, 0.717) is 28.5 Å². The quantitative estimate of drug-likeness (QED) is 0.360. The Hall–Kier alpha value is -4.23. The molecule has 2 aliphatic rings. The molecule has 3 aromatic carbocycles. The third kappa shape index (κ3) is 8.20. The zero-order valence-corrected chi connectivity index (χ0v) is 24.6. The first-order chi connectivity index (χ1) is 20.6. The van der Waals surface area contributed by atoms with E-state index in [0.717, 1.165) is 5.56 Å². The summed E-state index contributed by atoms with van der Waals surface area (Å²) in [7, 11) is -3.14. The Labute approximate surface area is 252 Å². The van der Waals surface area contributed by atoms with Crippen molar-refractivity contribution >= 4 is 56.0 Å². The summed E-state index contributed by atoms with van der Waals surface area (Å²) >= 11 is 1.20. The number of thioether (sulfide) groups is 1. The topological polar surface area (TPSA) is 134 Å². The van der Waals surface area contributed by atoms with Gasteiger partial charge in [-0.1, -0.05) is 60.3 Å². The molecule has 3 amide bonds. The SMILES string of the molecule is O=C(CNC(=O)OCc1ccccc1)Nc1ccc(C2SC(=Nc3cccc(F)c3)N(CC3CCS(=O)(=O)C3)C2=O)cc1. The van der Waals surface area contributed by atoms with Crippen LogP contribution in [-0.2, 0) is 30.8 Å². The number of amidine groups is 1. The van der Waals surface area contributed by atoms with Gasteiger partial charge in [0.2, 0.25) is 11.8 Å².